The highest BCUT2D eigenvalue weighted by Crippen LogP contribution is 2.26. The molecule has 0 N–H and O–H groups in total. The first kappa shape index (κ1) is 12.6. The number of aromatic nitrogens is 3. The smallest absolute Gasteiger partial charge is 0.167 e. The second-order valence-electron chi connectivity index (χ2n) is 4.90. The Morgan fingerprint density at radius 2 is 1.59 bits per heavy atom. The molecule has 0 saturated heterocycles. The fourth-order valence-electron chi connectivity index (χ4n) is 2.41. The first-order valence-electron chi connectivity index (χ1n) is 7.03. The standard InChI is InChI=1S/C18H13N3O/c1-3-7-14(8-4-1)17-13-16(20-22-17)18-19-11-12-21(18)15-9-5-2-6-10-15/h1-13H. The predicted octanol–water partition coefficient (Wildman–Crippen LogP) is 4.19. The second kappa shape index (κ2) is 5.33. The van der Waals surface area contributed by atoms with Gasteiger partial charge in [0, 0.05) is 29.7 Å². The molecular formula is C18H13N3O. The van der Waals surface area contributed by atoms with E-state index in [1.807, 2.05) is 77.5 Å². The van der Waals surface area contributed by atoms with Crippen molar-refractivity contribution >= 4 is 0 Å². The minimum atomic E-state index is 0.715. The van der Waals surface area contributed by atoms with Gasteiger partial charge in [-0.2, -0.15) is 0 Å². The minimum Gasteiger partial charge on any atom is -0.356 e. The summed E-state index contributed by atoms with van der Waals surface area (Å²) >= 11 is 0. The van der Waals surface area contributed by atoms with Crippen molar-refractivity contribution in [3.63, 3.8) is 0 Å². The lowest BCUT2D eigenvalue weighted by Gasteiger charge is -2.04. The molecule has 2 aromatic heterocycles. The third kappa shape index (κ3) is 2.20. The lowest BCUT2D eigenvalue weighted by Crippen LogP contribution is -1.95. The maximum absolute atomic E-state index is 5.46. The Labute approximate surface area is 127 Å². The largest absolute Gasteiger partial charge is 0.356 e. The van der Waals surface area contributed by atoms with E-state index in [0.717, 1.165) is 22.8 Å². The van der Waals surface area contributed by atoms with Gasteiger partial charge >= 0.3 is 0 Å². The maximum atomic E-state index is 5.46. The lowest BCUT2D eigenvalue weighted by atomic mass is 10.1. The first-order chi connectivity index (χ1) is 10.9. The lowest BCUT2D eigenvalue weighted by molar-refractivity contribution is 0.434. The van der Waals surface area contributed by atoms with E-state index in [0.29, 0.717) is 5.69 Å². The molecule has 0 bridgehead atoms. The molecule has 0 atom stereocenters. The number of rotatable bonds is 3. The van der Waals surface area contributed by atoms with Crippen LogP contribution >= 0.6 is 0 Å². The van der Waals surface area contributed by atoms with Crippen LogP contribution < -0.4 is 0 Å². The molecule has 0 spiro atoms. The summed E-state index contributed by atoms with van der Waals surface area (Å²) in [7, 11) is 0. The van der Waals surface area contributed by atoms with Crippen LogP contribution in [0.3, 0.4) is 0 Å². The van der Waals surface area contributed by atoms with Crippen molar-refractivity contribution in [3.8, 4) is 28.5 Å². The van der Waals surface area contributed by atoms with Crippen LogP contribution in [0.4, 0.5) is 0 Å². The summed E-state index contributed by atoms with van der Waals surface area (Å²) in [4.78, 5) is 4.41. The first-order valence-corrected chi connectivity index (χ1v) is 7.03. The molecule has 0 amide bonds. The van der Waals surface area contributed by atoms with Gasteiger partial charge in [0.15, 0.2) is 11.6 Å². The van der Waals surface area contributed by atoms with Crippen molar-refractivity contribution < 1.29 is 4.52 Å². The zero-order chi connectivity index (χ0) is 14.8. The van der Waals surface area contributed by atoms with Crippen molar-refractivity contribution in [1.29, 1.82) is 0 Å². The summed E-state index contributed by atoms with van der Waals surface area (Å²) in [5.74, 6) is 1.50. The Hall–Kier alpha value is -3.14. The average molecular weight is 287 g/mol. The van der Waals surface area contributed by atoms with E-state index in [1.165, 1.54) is 0 Å². The SMILES string of the molecule is c1ccc(-c2cc(-c3nccn3-c3ccccc3)no2)cc1. The van der Waals surface area contributed by atoms with Crippen LogP contribution in [0.2, 0.25) is 0 Å². The number of imidazole rings is 1. The van der Waals surface area contributed by atoms with Crippen molar-refractivity contribution in [2.75, 3.05) is 0 Å². The molecular weight excluding hydrogens is 274 g/mol. The fraction of sp³-hybridized carbons (Fsp3) is 0. The maximum Gasteiger partial charge on any atom is 0.167 e. The molecule has 0 unspecified atom stereocenters. The van der Waals surface area contributed by atoms with Gasteiger partial charge in [0.05, 0.1) is 0 Å². The third-order valence-corrected chi connectivity index (χ3v) is 3.47. The van der Waals surface area contributed by atoms with Crippen molar-refractivity contribution in [2.45, 2.75) is 0 Å². The van der Waals surface area contributed by atoms with Crippen LogP contribution in [0.15, 0.2) is 83.6 Å². The molecule has 4 rings (SSSR count). The zero-order valence-electron chi connectivity index (χ0n) is 11.8. The van der Waals surface area contributed by atoms with E-state index in [-0.39, 0.29) is 0 Å². The molecule has 2 heterocycles. The summed E-state index contributed by atoms with van der Waals surface area (Å²) in [5.41, 5.74) is 2.76. The molecule has 0 radical (unpaired) electrons. The fourth-order valence-corrected chi connectivity index (χ4v) is 2.41. The molecule has 4 heteroatoms. The van der Waals surface area contributed by atoms with Gasteiger partial charge in [0.2, 0.25) is 0 Å². The molecule has 22 heavy (non-hydrogen) atoms. The molecule has 0 fully saturated rings. The van der Waals surface area contributed by atoms with E-state index in [4.69, 9.17) is 4.52 Å². The minimum absolute atomic E-state index is 0.715. The Balaban J connectivity index is 1.76. The Morgan fingerprint density at radius 3 is 2.36 bits per heavy atom. The van der Waals surface area contributed by atoms with E-state index in [9.17, 15) is 0 Å². The topological polar surface area (TPSA) is 43.9 Å². The van der Waals surface area contributed by atoms with Crippen molar-refractivity contribution in [1.82, 2.24) is 14.7 Å². The number of para-hydroxylation sites is 1. The van der Waals surface area contributed by atoms with E-state index >= 15 is 0 Å². The van der Waals surface area contributed by atoms with Gasteiger partial charge in [-0.1, -0.05) is 53.7 Å². The molecule has 0 saturated carbocycles. The van der Waals surface area contributed by atoms with Crippen LogP contribution in [-0.2, 0) is 0 Å². The average Bonchev–Trinajstić information content (AvgIpc) is 3.25. The molecule has 0 aliphatic heterocycles. The highest BCUT2D eigenvalue weighted by Gasteiger charge is 2.13. The Morgan fingerprint density at radius 1 is 0.864 bits per heavy atom. The van der Waals surface area contributed by atoms with E-state index in [1.54, 1.807) is 6.20 Å². The van der Waals surface area contributed by atoms with Crippen LogP contribution in [0, 0.1) is 0 Å². The van der Waals surface area contributed by atoms with Gasteiger partial charge in [0.1, 0.15) is 5.69 Å². The van der Waals surface area contributed by atoms with Crippen LogP contribution in [0.1, 0.15) is 0 Å². The van der Waals surface area contributed by atoms with Gasteiger partial charge in [-0.05, 0) is 12.1 Å². The summed E-state index contributed by atoms with van der Waals surface area (Å²) in [6.07, 6.45) is 3.68. The van der Waals surface area contributed by atoms with Crippen molar-refractivity contribution in [3.05, 3.63) is 79.1 Å². The molecule has 106 valence electrons. The number of benzene rings is 2. The molecule has 0 aliphatic rings. The Bertz CT molecular complexity index is 879. The number of nitrogens with zero attached hydrogens (tertiary/aromatic N) is 3. The van der Waals surface area contributed by atoms with Gasteiger partial charge in [-0.25, -0.2) is 4.98 Å². The number of hydrogen-bond donors (Lipinski definition) is 0. The quantitative estimate of drug-likeness (QED) is 0.567. The van der Waals surface area contributed by atoms with Gasteiger partial charge in [-0.15, -0.1) is 0 Å². The normalized spacial score (nSPS) is 10.7. The zero-order valence-corrected chi connectivity index (χ0v) is 11.8. The Kier molecular flexibility index (Phi) is 3.05. The molecule has 0 aliphatic carbocycles. The summed E-state index contributed by atoms with van der Waals surface area (Å²) < 4.78 is 7.45. The van der Waals surface area contributed by atoms with Crippen molar-refractivity contribution in [2.24, 2.45) is 0 Å². The number of hydrogen-bond acceptors (Lipinski definition) is 3. The molecule has 2 aromatic carbocycles. The van der Waals surface area contributed by atoms with Crippen LogP contribution in [0.5, 0.6) is 0 Å². The molecule has 4 aromatic rings. The van der Waals surface area contributed by atoms with Crippen LogP contribution in [0.25, 0.3) is 28.5 Å². The summed E-state index contributed by atoms with van der Waals surface area (Å²) in [6, 6.07) is 21.9. The third-order valence-electron chi connectivity index (χ3n) is 3.47. The van der Waals surface area contributed by atoms with E-state index < -0.39 is 0 Å². The highest BCUT2D eigenvalue weighted by atomic mass is 16.5. The molecule has 4 nitrogen and oxygen atoms in total. The van der Waals surface area contributed by atoms with Crippen LogP contribution in [-0.4, -0.2) is 14.7 Å². The van der Waals surface area contributed by atoms with Gasteiger partial charge in [-0.3, -0.25) is 4.57 Å². The van der Waals surface area contributed by atoms with Gasteiger partial charge < -0.3 is 4.52 Å². The second-order valence-corrected chi connectivity index (χ2v) is 4.90. The van der Waals surface area contributed by atoms with E-state index in [2.05, 4.69) is 10.1 Å². The monoisotopic (exact) mass is 287 g/mol. The predicted molar refractivity (Wildman–Crippen MR) is 84.5 cm³/mol. The highest BCUT2D eigenvalue weighted by molar-refractivity contribution is 5.64. The van der Waals surface area contributed by atoms with Gasteiger partial charge in [0.25, 0.3) is 0 Å². The summed E-state index contributed by atoms with van der Waals surface area (Å²) in [6.45, 7) is 0. The summed E-state index contributed by atoms with van der Waals surface area (Å²) in [5, 5.41) is 4.16.